The van der Waals surface area contributed by atoms with E-state index in [1.165, 1.54) is 5.56 Å². The van der Waals surface area contributed by atoms with Gasteiger partial charge in [-0.15, -0.1) is 0 Å². The Hall–Kier alpha value is -1.18. The maximum absolute atomic E-state index is 5.32. The number of hydrogen-bond donors (Lipinski definition) is 0. The molecule has 0 bridgehead atoms. The average Bonchev–Trinajstić information content (AvgIpc) is 2.39. The van der Waals surface area contributed by atoms with Gasteiger partial charge in [-0.3, -0.25) is 0 Å². The lowest BCUT2D eigenvalue weighted by molar-refractivity contribution is 0.376. The Morgan fingerprint density at radius 3 is 1.68 bits per heavy atom. The summed E-state index contributed by atoms with van der Waals surface area (Å²) in [5, 5.41) is 0. The van der Waals surface area contributed by atoms with Gasteiger partial charge in [0.1, 0.15) is 11.5 Å². The predicted octanol–water partition coefficient (Wildman–Crippen LogP) is 5.05. The minimum Gasteiger partial charge on any atom is -0.497 e. The summed E-state index contributed by atoms with van der Waals surface area (Å²) in [7, 11) is 3.38. The van der Waals surface area contributed by atoms with Crippen molar-refractivity contribution in [1.29, 1.82) is 0 Å². The summed E-state index contributed by atoms with van der Waals surface area (Å²) in [4.78, 5) is 0. The van der Waals surface area contributed by atoms with E-state index < -0.39 is 0 Å². The smallest absolute Gasteiger partial charge is 0.122 e. The third-order valence-electron chi connectivity index (χ3n) is 3.05. The molecular formula is C17H30O2. The van der Waals surface area contributed by atoms with E-state index in [1.54, 1.807) is 14.2 Å². The van der Waals surface area contributed by atoms with Crippen molar-refractivity contribution in [2.45, 2.75) is 53.4 Å². The molecule has 2 nitrogen and oxygen atoms in total. The Morgan fingerprint density at radius 1 is 0.947 bits per heavy atom. The van der Waals surface area contributed by atoms with Crippen molar-refractivity contribution in [1.82, 2.24) is 0 Å². The van der Waals surface area contributed by atoms with Crippen molar-refractivity contribution >= 4 is 0 Å². The van der Waals surface area contributed by atoms with E-state index >= 15 is 0 Å². The topological polar surface area (TPSA) is 18.5 Å². The standard InChI is InChI=1S/C15H24O2.C2H6/c1-11(2)10-15(3,4)12-7-13(16-5)9-14(8-12)17-6;1-2/h7-9,11H,10H2,1-6H3;1-2H3. The van der Waals surface area contributed by atoms with Gasteiger partial charge in [0, 0.05) is 6.07 Å². The van der Waals surface area contributed by atoms with Gasteiger partial charge in [-0.05, 0) is 35.4 Å². The van der Waals surface area contributed by atoms with E-state index in [0.717, 1.165) is 17.9 Å². The Morgan fingerprint density at radius 2 is 1.37 bits per heavy atom. The highest BCUT2D eigenvalue weighted by Crippen LogP contribution is 2.35. The molecule has 110 valence electrons. The van der Waals surface area contributed by atoms with Gasteiger partial charge in [0.2, 0.25) is 0 Å². The van der Waals surface area contributed by atoms with E-state index in [-0.39, 0.29) is 5.41 Å². The van der Waals surface area contributed by atoms with Gasteiger partial charge in [-0.25, -0.2) is 0 Å². The molecule has 1 aromatic rings. The molecule has 0 saturated carbocycles. The zero-order valence-corrected chi connectivity index (χ0v) is 13.8. The lowest BCUT2D eigenvalue weighted by Crippen LogP contribution is -2.19. The quantitative estimate of drug-likeness (QED) is 0.742. The molecule has 0 N–H and O–H groups in total. The molecule has 0 aromatic heterocycles. The van der Waals surface area contributed by atoms with E-state index in [4.69, 9.17) is 9.47 Å². The fourth-order valence-corrected chi connectivity index (χ4v) is 2.34. The monoisotopic (exact) mass is 266 g/mol. The fourth-order valence-electron chi connectivity index (χ4n) is 2.34. The summed E-state index contributed by atoms with van der Waals surface area (Å²) in [6.45, 7) is 13.0. The summed E-state index contributed by atoms with van der Waals surface area (Å²) in [5.41, 5.74) is 1.40. The van der Waals surface area contributed by atoms with E-state index in [1.807, 2.05) is 19.9 Å². The van der Waals surface area contributed by atoms with Crippen LogP contribution in [0, 0.1) is 5.92 Å². The molecule has 19 heavy (non-hydrogen) atoms. The van der Waals surface area contributed by atoms with Crippen molar-refractivity contribution in [2.24, 2.45) is 5.92 Å². The van der Waals surface area contributed by atoms with Gasteiger partial charge < -0.3 is 9.47 Å². The zero-order chi connectivity index (χ0) is 15.1. The molecule has 0 fully saturated rings. The zero-order valence-electron chi connectivity index (χ0n) is 13.8. The summed E-state index contributed by atoms with van der Waals surface area (Å²) in [6, 6.07) is 6.12. The van der Waals surface area contributed by atoms with Gasteiger partial charge >= 0.3 is 0 Å². The van der Waals surface area contributed by atoms with E-state index in [9.17, 15) is 0 Å². The maximum atomic E-state index is 5.32. The van der Waals surface area contributed by atoms with Crippen LogP contribution in [-0.4, -0.2) is 14.2 Å². The lowest BCUT2D eigenvalue weighted by Gasteiger charge is -2.28. The van der Waals surface area contributed by atoms with Crippen LogP contribution >= 0.6 is 0 Å². The first-order chi connectivity index (χ1) is 8.89. The predicted molar refractivity (Wildman–Crippen MR) is 83.4 cm³/mol. The molecule has 1 rings (SSSR count). The molecule has 0 aliphatic carbocycles. The van der Waals surface area contributed by atoms with Crippen LogP contribution in [0.25, 0.3) is 0 Å². The van der Waals surface area contributed by atoms with Crippen molar-refractivity contribution < 1.29 is 9.47 Å². The number of hydrogen-bond acceptors (Lipinski definition) is 2. The summed E-state index contributed by atoms with van der Waals surface area (Å²) < 4.78 is 10.6. The van der Waals surface area contributed by atoms with E-state index in [0.29, 0.717) is 5.92 Å². The SMILES string of the molecule is CC.COc1cc(OC)cc(C(C)(C)CC(C)C)c1. The van der Waals surface area contributed by atoms with Crippen molar-refractivity contribution in [3.05, 3.63) is 23.8 Å². The Bertz CT molecular complexity index is 345. The number of rotatable bonds is 5. The number of methoxy groups -OCH3 is 2. The first-order valence-corrected chi connectivity index (χ1v) is 7.12. The third-order valence-corrected chi connectivity index (χ3v) is 3.05. The van der Waals surface area contributed by atoms with Crippen LogP contribution in [0.1, 0.15) is 53.5 Å². The Kier molecular flexibility index (Phi) is 7.58. The molecular weight excluding hydrogens is 236 g/mol. The Balaban J connectivity index is 0.00000154. The van der Waals surface area contributed by atoms with Crippen molar-refractivity contribution in [2.75, 3.05) is 14.2 Å². The molecule has 0 saturated heterocycles. The lowest BCUT2D eigenvalue weighted by atomic mass is 9.78. The van der Waals surface area contributed by atoms with Gasteiger partial charge in [0.15, 0.2) is 0 Å². The number of benzene rings is 1. The molecule has 0 aliphatic rings. The Labute approximate surface area is 119 Å². The van der Waals surface area contributed by atoms with Crippen LogP contribution in [0.4, 0.5) is 0 Å². The molecule has 1 aromatic carbocycles. The van der Waals surface area contributed by atoms with Gasteiger partial charge in [0.25, 0.3) is 0 Å². The summed E-state index contributed by atoms with van der Waals surface area (Å²) in [5.74, 6) is 2.38. The summed E-state index contributed by atoms with van der Waals surface area (Å²) >= 11 is 0. The van der Waals surface area contributed by atoms with Crippen molar-refractivity contribution in [3.8, 4) is 11.5 Å². The largest absolute Gasteiger partial charge is 0.497 e. The van der Waals surface area contributed by atoms with E-state index in [2.05, 4.69) is 39.8 Å². The van der Waals surface area contributed by atoms with Crippen LogP contribution in [0.3, 0.4) is 0 Å². The molecule has 0 unspecified atom stereocenters. The normalized spacial score (nSPS) is 10.8. The van der Waals surface area contributed by atoms with Crippen LogP contribution in [0.5, 0.6) is 11.5 Å². The molecule has 0 radical (unpaired) electrons. The minimum atomic E-state index is 0.135. The van der Waals surface area contributed by atoms with Crippen LogP contribution in [-0.2, 0) is 5.41 Å². The van der Waals surface area contributed by atoms with Crippen LogP contribution in [0.15, 0.2) is 18.2 Å². The maximum Gasteiger partial charge on any atom is 0.122 e. The molecule has 2 heteroatoms. The number of ether oxygens (including phenoxy) is 2. The second-order valence-corrected chi connectivity index (χ2v) is 5.58. The second-order valence-electron chi connectivity index (χ2n) is 5.58. The highest BCUT2D eigenvalue weighted by atomic mass is 16.5. The first kappa shape index (κ1) is 17.8. The fraction of sp³-hybridized carbons (Fsp3) is 0.647. The molecule has 0 atom stereocenters. The third kappa shape index (κ3) is 5.54. The first-order valence-electron chi connectivity index (χ1n) is 7.12. The molecule has 0 amide bonds. The highest BCUT2D eigenvalue weighted by molar-refractivity contribution is 5.41. The minimum absolute atomic E-state index is 0.135. The summed E-state index contributed by atoms with van der Waals surface area (Å²) in [6.07, 6.45) is 1.14. The van der Waals surface area contributed by atoms with Crippen LogP contribution in [0.2, 0.25) is 0 Å². The second kappa shape index (κ2) is 8.08. The molecule has 0 spiro atoms. The van der Waals surface area contributed by atoms with Crippen molar-refractivity contribution in [3.63, 3.8) is 0 Å². The molecule has 0 aliphatic heterocycles. The average molecular weight is 266 g/mol. The van der Waals surface area contributed by atoms with Gasteiger partial charge in [-0.2, -0.15) is 0 Å². The highest BCUT2D eigenvalue weighted by Gasteiger charge is 2.23. The van der Waals surface area contributed by atoms with Gasteiger partial charge in [-0.1, -0.05) is 41.5 Å². The molecule has 0 heterocycles. The van der Waals surface area contributed by atoms with Gasteiger partial charge in [0.05, 0.1) is 14.2 Å². The van der Waals surface area contributed by atoms with Crippen LogP contribution < -0.4 is 9.47 Å².